The Bertz CT molecular complexity index is 924. The Hall–Kier alpha value is -3.02. The molecule has 1 heterocycles. The SMILES string of the molecule is CNc1nc(Nc2cc(F)cc(F)c2)nc2c1CCC2c1ccccc1. The fourth-order valence-corrected chi connectivity index (χ4v) is 3.49. The highest BCUT2D eigenvalue weighted by atomic mass is 19.1. The first-order valence-electron chi connectivity index (χ1n) is 8.50. The molecule has 2 aromatic carbocycles. The molecule has 3 aromatic rings. The van der Waals surface area contributed by atoms with Gasteiger partial charge in [0.15, 0.2) is 0 Å². The molecule has 1 unspecified atom stereocenters. The average molecular weight is 352 g/mol. The summed E-state index contributed by atoms with van der Waals surface area (Å²) in [5.41, 5.74) is 3.53. The van der Waals surface area contributed by atoms with Gasteiger partial charge in [0.25, 0.3) is 0 Å². The van der Waals surface area contributed by atoms with Crippen molar-refractivity contribution in [2.75, 3.05) is 17.7 Å². The van der Waals surface area contributed by atoms with Crippen LogP contribution >= 0.6 is 0 Å². The minimum absolute atomic E-state index is 0.186. The minimum Gasteiger partial charge on any atom is -0.373 e. The molecule has 0 saturated heterocycles. The molecule has 6 heteroatoms. The van der Waals surface area contributed by atoms with E-state index >= 15 is 0 Å². The van der Waals surface area contributed by atoms with Gasteiger partial charge in [0, 0.05) is 30.3 Å². The predicted octanol–water partition coefficient (Wildman–Crippen LogP) is 4.62. The average Bonchev–Trinajstić information content (AvgIpc) is 3.05. The Morgan fingerprint density at radius 3 is 2.42 bits per heavy atom. The highest BCUT2D eigenvalue weighted by Crippen LogP contribution is 2.40. The molecular weight excluding hydrogens is 334 g/mol. The van der Waals surface area contributed by atoms with Gasteiger partial charge in [-0.05, 0) is 30.5 Å². The number of hydrogen-bond acceptors (Lipinski definition) is 4. The van der Waals surface area contributed by atoms with Gasteiger partial charge < -0.3 is 10.6 Å². The van der Waals surface area contributed by atoms with Gasteiger partial charge >= 0.3 is 0 Å². The second-order valence-corrected chi connectivity index (χ2v) is 6.29. The lowest BCUT2D eigenvalue weighted by Crippen LogP contribution is -2.08. The van der Waals surface area contributed by atoms with Gasteiger partial charge in [-0.15, -0.1) is 0 Å². The highest BCUT2D eigenvalue weighted by molar-refractivity contribution is 5.60. The Labute approximate surface area is 150 Å². The Kier molecular flexibility index (Phi) is 4.24. The molecule has 0 saturated carbocycles. The maximum Gasteiger partial charge on any atom is 0.229 e. The van der Waals surface area contributed by atoms with Crippen LogP contribution in [0.5, 0.6) is 0 Å². The molecule has 0 bridgehead atoms. The number of anilines is 3. The Morgan fingerprint density at radius 2 is 1.73 bits per heavy atom. The topological polar surface area (TPSA) is 49.8 Å². The van der Waals surface area contributed by atoms with E-state index in [0.717, 1.165) is 36.0 Å². The van der Waals surface area contributed by atoms with E-state index in [1.165, 1.54) is 17.7 Å². The van der Waals surface area contributed by atoms with E-state index in [1.807, 2.05) is 25.2 Å². The summed E-state index contributed by atoms with van der Waals surface area (Å²) < 4.78 is 26.9. The lowest BCUT2D eigenvalue weighted by molar-refractivity contribution is 0.584. The van der Waals surface area contributed by atoms with Gasteiger partial charge in [0.05, 0.1) is 5.69 Å². The van der Waals surface area contributed by atoms with E-state index < -0.39 is 11.6 Å². The first-order chi connectivity index (χ1) is 12.6. The molecule has 0 fully saturated rings. The van der Waals surface area contributed by atoms with Crippen molar-refractivity contribution in [3.63, 3.8) is 0 Å². The van der Waals surface area contributed by atoms with E-state index in [9.17, 15) is 8.78 Å². The smallest absolute Gasteiger partial charge is 0.229 e. The van der Waals surface area contributed by atoms with Crippen LogP contribution in [0.4, 0.5) is 26.2 Å². The molecule has 1 aliphatic rings. The summed E-state index contributed by atoms with van der Waals surface area (Å²) in [6.07, 6.45) is 1.85. The van der Waals surface area contributed by atoms with E-state index in [4.69, 9.17) is 0 Å². The zero-order valence-electron chi connectivity index (χ0n) is 14.3. The van der Waals surface area contributed by atoms with Crippen molar-refractivity contribution in [1.82, 2.24) is 9.97 Å². The van der Waals surface area contributed by atoms with Crippen LogP contribution in [-0.2, 0) is 6.42 Å². The summed E-state index contributed by atoms with van der Waals surface area (Å²) >= 11 is 0. The molecule has 0 aliphatic heterocycles. The molecule has 1 aliphatic carbocycles. The molecule has 26 heavy (non-hydrogen) atoms. The van der Waals surface area contributed by atoms with Crippen LogP contribution in [0.2, 0.25) is 0 Å². The summed E-state index contributed by atoms with van der Waals surface area (Å²) in [5.74, 6) is -0.0471. The molecule has 0 amide bonds. The number of nitrogens with one attached hydrogen (secondary N) is 2. The van der Waals surface area contributed by atoms with Crippen molar-refractivity contribution in [3.05, 3.63) is 77.0 Å². The maximum atomic E-state index is 13.4. The molecule has 1 atom stereocenters. The van der Waals surface area contributed by atoms with Gasteiger partial charge in [-0.25, -0.2) is 13.8 Å². The molecule has 4 rings (SSSR count). The van der Waals surface area contributed by atoms with Crippen LogP contribution in [0.1, 0.15) is 29.2 Å². The van der Waals surface area contributed by atoms with Crippen molar-refractivity contribution in [3.8, 4) is 0 Å². The summed E-state index contributed by atoms with van der Waals surface area (Å²) in [5, 5.41) is 6.03. The van der Waals surface area contributed by atoms with Gasteiger partial charge in [0.1, 0.15) is 17.5 Å². The minimum atomic E-state index is -0.648. The fourth-order valence-electron chi connectivity index (χ4n) is 3.49. The largest absolute Gasteiger partial charge is 0.373 e. The van der Waals surface area contributed by atoms with Crippen LogP contribution in [0.3, 0.4) is 0 Å². The third-order valence-electron chi connectivity index (χ3n) is 4.61. The molecule has 1 aromatic heterocycles. The molecule has 2 N–H and O–H groups in total. The molecule has 4 nitrogen and oxygen atoms in total. The summed E-state index contributed by atoms with van der Waals surface area (Å²) in [6, 6.07) is 13.5. The summed E-state index contributed by atoms with van der Waals surface area (Å²) in [7, 11) is 1.81. The molecule has 132 valence electrons. The van der Waals surface area contributed by atoms with E-state index in [2.05, 4.69) is 32.7 Å². The normalized spacial score (nSPS) is 15.6. The standard InChI is InChI=1S/C20H18F2N4/c1-23-19-17-8-7-16(12-5-3-2-4-6-12)18(17)25-20(26-19)24-15-10-13(21)9-14(22)11-15/h2-6,9-11,16H,7-8H2,1H3,(H2,23,24,25,26). The summed E-state index contributed by atoms with van der Waals surface area (Å²) in [6.45, 7) is 0. The number of halogens is 2. The third kappa shape index (κ3) is 3.10. The van der Waals surface area contributed by atoms with Crippen molar-refractivity contribution in [2.24, 2.45) is 0 Å². The van der Waals surface area contributed by atoms with Crippen LogP contribution in [-0.4, -0.2) is 17.0 Å². The predicted molar refractivity (Wildman–Crippen MR) is 97.8 cm³/mol. The maximum absolute atomic E-state index is 13.4. The number of rotatable bonds is 4. The van der Waals surface area contributed by atoms with Crippen LogP contribution < -0.4 is 10.6 Å². The number of benzene rings is 2. The first kappa shape index (κ1) is 16.4. The fraction of sp³-hybridized carbons (Fsp3) is 0.200. The van der Waals surface area contributed by atoms with Crippen molar-refractivity contribution < 1.29 is 8.78 Å². The Balaban J connectivity index is 1.74. The van der Waals surface area contributed by atoms with Crippen molar-refractivity contribution >= 4 is 17.5 Å². The van der Waals surface area contributed by atoms with Crippen LogP contribution in [0, 0.1) is 11.6 Å². The number of nitrogens with zero attached hydrogens (tertiary/aromatic N) is 2. The zero-order chi connectivity index (χ0) is 18.1. The van der Waals surface area contributed by atoms with Gasteiger partial charge in [0.2, 0.25) is 5.95 Å². The van der Waals surface area contributed by atoms with E-state index in [1.54, 1.807) is 0 Å². The lowest BCUT2D eigenvalue weighted by Gasteiger charge is -2.15. The number of aromatic nitrogens is 2. The van der Waals surface area contributed by atoms with Gasteiger partial charge in [-0.3, -0.25) is 0 Å². The molecular formula is C20H18F2N4. The van der Waals surface area contributed by atoms with Crippen LogP contribution in [0.15, 0.2) is 48.5 Å². The van der Waals surface area contributed by atoms with Gasteiger partial charge in [-0.2, -0.15) is 4.98 Å². The first-order valence-corrected chi connectivity index (χ1v) is 8.50. The second-order valence-electron chi connectivity index (χ2n) is 6.29. The second kappa shape index (κ2) is 6.71. The van der Waals surface area contributed by atoms with Crippen molar-refractivity contribution in [1.29, 1.82) is 0 Å². The highest BCUT2D eigenvalue weighted by Gasteiger charge is 2.29. The lowest BCUT2D eigenvalue weighted by atomic mass is 9.97. The van der Waals surface area contributed by atoms with Crippen LogP contribution in [0.25, 0.3) is 0 Å². The third-order valence-corrected chi connectivity index (χ3v) is 4.61. The van der Waals surface area contributed by atoms with E-state index in [0.29, 0.717) is 5.95 Å². The monoisotopic (exact) mass is 352 g/mol. The zero-order valence-corrected chi connectivity index (χ0v) is 14.3. The van der Waals surface area contributed by atoms with E-state index in [-0.39, 0.29) is 11.6 Å². The Morgan fingerprint density at radius 1 is 1.00 bits per heavy atom. The summed E-state index contributed by atoms with van der Waals surface area (Å²) in [4.78, 5) is 9.13. The van der Waals surface area contributed by atoms with Crippen molar-refractivity contribution in [2.45, 2.75) is 18.8 Å². The molecule has 0 spiro atoms. The quantitative estimate of drug-likeness (QED) is 0.719. The van der Waals surface area contributed by atoms with Gasteiger partial charge in [-0.1, -0.05) is 30.3 Å². The molecule has 0 radical (unpaired) electrons. The number of fused-ring (bicyclic) bond motifs is 1. The number of hydrogen-bond donors (Lipinski definition) is 2.